The molecule has 9 nitrogen and oxygen atoms in total. The van der Waals surface area contributed by atoms with Gasteiger partial charge in [0.1, 0.15) is 0 Å². The number of sulfonamides is 1. The van der Waals surface area contributed by atoms with E-state index in [1.807, 2.05) is 0 Å². The first kappa shape index (κ1) is 15.8. The summed E-state index contributed by atoms with van der Waals surface area (Å²) in [5, 5.41) is 18.6. The highest BCUT2D eigenvalue weighted by Gasteiger charge is 2.34. The van der Waals surface area contributed by atoms with Gasteiger partial charge in [-0.1, -0.05) is 11.3 Å². The molecule has 0 saturated carbocycles. The summed E-state index contributed by atoms with van der Waals surface area (Å²) in [4.78, 5) is 21.7. The average Bonchev–Trinajstić information content (AvgIpc) is 2.87. The molecule has 1 aliphatic rings. The second-order valence-corrected chi connectivity index (χ2v) is 7.66. The Balaban J connectivity index is 2.10. The molecule has 1 aromatic rings. The number of rotatable bonds is 4. The van der Waals surface area contributed by atoms with Crippen molar-refractivity contribution in [2.75, 3.05) is 18.4 Å². The first-order valence-electron chi connectivity index (χ1n) is 6.14. The van der Waals surface area contributed by atoms with Crippen LogP contribution < -0.4 is 5.32 Å². The van der Waals surface area contributed by atoms with Crippen molar-refractivity contribution in [2.24, 2.45) is 5.92 Å². The minimum Gasteiger partial charge on any atom is -0.481 e. The highest BCUT2D eigenvalue weighted by atomic mass is 32.2. The van der Waals surface area contributed by atoms with Crippen molar-refractivity contribution in [3.8, 4) is 0 Å². The number of carbonyl (C=O) groups excluding carboxylic acids is 1. The third-order valence-corrected chi connectivity index (χ3v) is 6.14. The maximum absolute atomic E-state index is 12.3. The summed E-state index contributed by atoms with van der Waals surface area (Å²) in [7, 11) is -3.79. The van der Waals surface area contributed by atoms with Crippen molar-refractivity contribution >= 4 is 38.4 Å². The van der Waals surface area contributed by atoms with E-state index in [-0.39, 0.29) is 41.3 Å². The Morgan fingerprint density at radius 3 is 2.48 bits per heavy atom. The van der Waals surface area contributed by atoms with E-state index in [1.165, 1.54) is 11.2 Å². The molecule has 1 saturated heterocycles. The number of hydrogen-bond acceptors (Lipinski definition) is 7. The number of carboxylic acid groups (broad SMARTS) is 1. The molecule has 0 atom stereocenters. The van der Waals surface area contributed by atoms with Gasteiger partial charge in [-0.05, 0) is 12.8 Å². The number of hydrogen-bond donors (Lipinski definition) is 2. The van der Waals surface area contributed by atoms with E-state index < -0.39 is 21.9 Å². The van der Waals surface area contributed by atoms with Gasteiger partial charge >= 0.3 is 5.97 Å². The second kappa shape index (κ2) is 6.03. The summed E-state index contributed by atoms with van der Waals surface area (Å²) in [6, 6.07) is 0. The van der Waals surface area contributed by atoms with E-state index in [1.54, 1.807) is 0 Å². The van der Waals surface area contributed by atoms with Crippen molar-refractivity contribution in [1.29, 1.82) is 0 Å². The monoisotopic (exact) mass is 334 g/mol. The lowest BCUT2D eigenvalue weighted by Gasteiger charge is -2.28. The van der Waals surface area contributed by atoms with Crippen LogP contribution in [0.1, 0.15) is 19.8 Å². The molecule has 11 heteroatoms. The highest BCUT2D eigenvalue weighted by Crippen LogP contribution is 2.27. The van der Waals surface area contributed by atoms with Crippen LogP contribution in [-0.2, 0) is 19.6 Å². The summed E-state index contributed by atoms with van der Waals surface area (Å²) in [6.45, 7) is 1.55. The molecule has 0 aliphatic carbocycles. The molecule has 2 heterocycles. The molecule has 1 aliphatic heterocycles. The lowest BCUT2D eigenvalue weighted by atomic mass is 9.99. The lowest BCUT2D eigenvalue weighted by Crippen LogP contribution is -2.40. The molecule has 0 spiro atoms. The van der Waals surface area contributed by atoms with Crippen molar-refractivity contribution in [3.63, 3.8) is 0 Å². The van der Waals surface area contributed by atoms with E-state index >= 15 is 0 Å². The largest absolute Gasteiger partial charge is 0.481 e. The zero-order valence-corrected chi connectivity index (χ0v) is 12.8. The Kier molecular flexibility index (Phi) is 4.54. The molecule has 0 unspecified atom stereocenters. The summed E-state index contributed by atoms with van der Waals surface area (Å²) in [5.74, 6) is -1.78. The van der Waals surface area contributed by atoms with E-state index in [2.05, 4.69) is 15.5 Å². The van der Waals surface area contributed by atoms with Gasteiger partial charge in [0.15, 0.2) is 0 Å². The molecule has 2 N–H and O–H groups in total. The molecule has 1 fully saturated rings. The van der Waals surface area contributed by atoms with Crippen LogP contribution in [0.25, 0.3) is 0 Å². The van der Waals surface area contributed by atoms with E-state index in [9.17, 15) is 18.0 Å². The molecular weight excluding hydrogens is 320 g/mol. The molecule has 0 radical (unpaired) electrons. The van der Waals surface area contributed by atoms with Gasteiger partial charge in [-0.15, -0.1) is 10.2 Å². The Bertz CT molecular complexity index is 648. The molecule has 2 rings (SSSR count). The Morgan fingerprint density at radius 1 is 1.33 bits per heavy atom. The molecule has 116 valence electrons. The molecule has 1 aromatic heterocycles. The van der Waals surface area contributed by atoms with Crippen LogP contribution in [0, 0.1) is 5.92 Å². The first-order chi connectivity index (χ1) is 9.80. The Morgan fingerprint density at radius 2 is 1.95 bits per heavy atom. The number of aromatic nitrogens is 2. The maximum Gasteiger partial charge on any atom is 0.306 e. The van der Waals surface area contributed by atoms with Gasteiger partial charge in [-0.2, -0.15) is 4.31 Å². The van der Waals surface area contributed by atoms with Crippen molar-refractivity contribution < 1.29 is 23.1 Å². The number of carboxylic acids is 1. The number of nitrogens with zero attached hydrogens (tertiary/aromatic N) is 3. The highest BCUT2D eigenvalue weighted by molar-refractivity contribution is 7.91. The first-order valence-corrected chi connectivity index (χ1v) is 8.40. The predicted molar refractivity (Wildman–Crippen MR) is 73.3 cm³/mol. The number of amides is 1. The molecule has 1 amide bonds. The average molecular weight is 334 g/mol. The smallest absolute Gasteiger partial charge is 0.306 e. The van der Waals surface area contributed by atoms with Gasteiger partial charge in [-0.3, -0.25) is 9.59 Å². The van der Waals surface area contributed by atoms with Gasteiger partial charge in [0, 0.05) is 20.0 Å². The van der Waals surface area contributed by atoms with Crippen LogP contribution in [0.15, 0.2) is 4.34 Å². The standard InChI is InChI=1S/C10H14N4O5S2/c1-6(15)11-9-12-13-10(20-9)21(18,19)14-4-2-7(3-5-14)8(16)17/h7H,2-5H2,1H3,(H,16,17)(H,11,12,15). The quantitative estimate of drug-likeness (QED) is 0.740. The molecule has 21 heavy (non-hydrogen) atoms. The van der Waals surface area contributed by atoms with Crippen LogP contribution in [0.4, 0.5) is 5.13 Å². The number of piperidine rings is 1. The summed E-state index contributed by atoms with van der Waals surface area (Å²) in [6.07, 6.45) is 0.540. The van der Waals surface area contributed by atoms with E-state index in [0.717, 1.165) is 11.3 Å². The lowest BCUT2D eigenvalue weighted by molar-refractivity contribution is -0.142. The summed E-state index contributed by atoms with van der Waals surface area (Å²) in [5.41, 5.74) is 0. The SMILES string of the molecule is CC(=O)Nc1nnc(S(=O)(=O)N2CCC(C(=O)O)CC2)s1. The zero-order chi connectivity index (χ0) is 15.6. The third-order valence-electron chi connectivity index (χ3n) is 3.05. The maximum atomic E-state index is 12.3. The van der Waals surface area contributed by atoms with Crippen LogP contribution >= 0.6 is 11.3 Å². The predicted octanol–water partition coefficient (Wildman–Crippen LogP) is -0.0182. The normalized spacial score (nSPS) is 17.6. The fourth-order valence-corrected chi connectivity index (χ4v) is 4.52. The van der Waals surface area contributed by atoms with Gasteiger partial charge in [0.2, 0.25) is 15.4 Å². The number of aliphatic carboxylic acids is 1. The van der Waals surface area contributed by atoms with Crippen LogP contribution in [-0.4, -0.2) is 53.0 Å². The number of carbonyl (C=O) groups is 2. The minimum absolute atomic E-state index is 0.112. The third kappa shape index (κ3) is 3.54. The minimum atomic E-state index is -3.79. The zero-order valence-electron chi connectivity index (χ0n) is 11.1. The van der Waals surface area contributed by atoms with Crippen LogP contribution in [0.3, 0.4) is 0 Å². The van der Waals surface area contributed by atoms with Gasteiger partial charge < -0.3 is 10.4 Å². The fraction of sp³-hybridized carbons (Fsp3) is 0.600. The number of anilines is 1. The molecule has 0 bridgehead atoms. The summed E-state index contributed by atoms with van der Waals surface area (Å²) >= 11 is 0.769. The van der Waals surface area contributed by atoms with Crippen molar-refractivity contribution in [3.05, 3.63) is 0 Å². The Labute approximate surface area is 125 Å². The topological polar surface area (TPSA) is 130 Å². The van der Waals surface area contributed by atoms with Gasteiger partial charge in [0.05, 0.1) is 5.92 Å². The van der Waals surface area contributed by atoms with E-state index in [4.69, 9.17) is 5.11 Å². The second-order valence-electron chi connectivity index (χ2n) is 4.57. The number of nitrogens with one attached hydrogen (secondary N) is 1. The van der Waals surface area contributed by atoms with Crippen molar-refractivity contribution in [2.45, 2.75) is 24.1 Å². The van der Waals surface area contributed by atoms with E-state index in [0.29, 0.717) is 0 Å². The Hall–Kier alpha value is -1.59. The summed E-state index contributed by atoms with van der Waals surface area (Å²) < 4.78 is 25.7. The fourth-order valence-electron chi connectivity index (χ4n) is 1.97. The van der Waals surface area contributed by atoms with Crippen LogP contribution in [0.5, 0.6) is 0 Å². The van der Waals surface area contributed by atoms with Gasteiger partial charge in [0.25, 0.3) is 10.0 Å². The van der Waals surface area contributed by atoms with Crippen LogP contribution in [0.2, 0.25) is 0 Å². The van der Waals surface area contributed by atoms with Crippen molar-refractivity contribution in [1.82, 2.24) is 14.5 Å². The molecular formula is C10H14N4O5S2. The molecule has 0 aromatic carbocycles. The van der Waals surface area contributed by atoms with Gasteiger partial charge in [-0.25, -0.2) is 8.42 Å².